The average Bonchev–Trinajstić information content (AvgIpc) is 2.94. The average molecular weight is 493 g/mol. The van der Waals surface area contributed by atoms with Crippen LogP contribution in [0.3, 0.4) is 0 Å². The number of para-hydroxylation sites is 1. The van der Waals surface area contributed by atoms with E-state index in [0.717, 1.165) is 35.2 Å². The van der Waals surface area contributed by atoms with Gasteiger partial charge < -0.3 is 15.0 Å². The lowest BCUT2D eigenvalue weighted by Gasteiger charge is -2.25. The van der Waals surface area contributed by atoms with Crippen molar-refractivity contribution in [2.75, 3.05) is 18.6 Å². The van der Waals surface area contributed by atoms with Gasteiger partial charge in [-0.05, 0) is 42.9 Å². The van der Waals surface area contributed by atoms with E-state index in [4.69, 9.17) is 4.74 Å². The fraction of sp³-hybridized carbons (Fsp3) is 0.433. The lowest BCUT2D eigenvalue weighted by molar-refractivity contribution is -0.147. The summed E-state index contributed by atoms with van der Waals surface area (Å²) < 4.78 is 5.30. The standard InChI is InChI=1S/C27H34N2O4.C3H6/c1-5-6-15-33-24(30)17-19(16-18(2)3)26(31)28-25-22-13-8-7-11-20(22)21-12-9-10-14-23(21)29(4)27(25)32;1-3-2/h7-14,18-19,25H,5-6,15-17H2,1-4H3,(H,28,31);3H,1H2,2H3. The highest BCUT2D eigenvalue weighted by molar-refractivity contribution is 6.06. The van der Waals surface area contributed by atoms with Crippen LogP contribution in [0.25, 0.3) is 11.1 Å². The van der Waals surface area contributed by atoms with Crippen molar-refractivity contribution in [1.82, 2.24) is 5.32 Å². The molecule has 1 N–H and O–H groups in total. The predicted molar refractivity (Wildman–Crippen MR) is 145 cm³/mol. The number of fused-ring (bicyclic) bond motifs is 3. The van der Waals surface area contributed by atoms with Crippen molar-refractivity contribution in [3.8, 4) is 11.1 Å². The summed E-state index contributed by atoms with van der Waals surface area (Å²) in [4.78, 5) is 40.8. The molecule has 1 aliphatic heterocycles. The highest BCUT2D eigenvalue weighted by atomic mass is 16.5. The molecule has 2 amide bonds. The maximum atomic E-state index is 13.5. The van der Waals surface area contributed by atoms with Crippen LogP contribution >= 0.6 is 0 Å². The molecule has 6 nitrogen and oxygen atoms in total. The van der Waals surface area contributed by atoms with E-state index < -0.39 is 12.0 Å². The molecule has 0 fully saturated rings. The molecule has 0 saturated heterocycles. The van der Waals surface area contributed by atoms with Gasteiger partial charge in [0.1, 0.15) is 6.04 Å². The summed E-state index contributed by atoms with van der Waals surface area (Å²) in [6.45, 7) is 11.7. The number of hydrogen-bond donors (Lipinski definition) is 1. The second-order valence-electron chi connectivity index (χ2n) is 9.46. The Morgan fingerprint density at radius 2 is 1.72 bits per heavy atom. The van der Waals surface area contributed by atoms with E-state index in [1.807, 2.05) is 76.2 Å². The number of hydrogen-bond acceptors (Lipinski definition) is 4. The minimum atomic E-state index is -0.836. The van der Waals surface area contributed by atoms with E-state index in [2.05, 4.69) is 11.9 Å². The molecule has 0 aromatic heterocycles. The first-order valence-corrected chi connectivity index (χ1v) is 12.7. The van der Waals surface area contributed by atoms with Crippen LogP contribution in [-0.2, 0) is 19.1 Å². The lowest BCUT2D eigenvalue weighted by Crippen LogP contribution is -2.43. The van der Waals surface area contributed by atoms with Crippen LogP contribution in [0.1, 0.15) is 65.0 Å². The summed E-state index contributed by atoms with van der Waals surface area (Å²) in [5.74, 6) is -1.23. The van der Waals surface area contributed by atoms with E-state index in [-0.39, 0.29) is 30.1 Å². The van der Waals surface area contributed by atoms with E-state index >= 15 is 0 Å². The summed E-state index contributed by atoms with van der Waals surface area (Å²) in [7, 11) is 1.73. The molecule has 6 heteroatoms. The van der Waals surface area contributed by atoms with Crippen LogP contribution in [0, 0.1) is 11.8 Å². The SMILES string of the molecule is C=CC.CCCCOC(=O)CC(CC(C)C)C(=O)NC1C(=O)N(C)c2ccccc2-c2ccccc21. The Morgan fingerprint density at radius 1 is 1.11 bits per heavy atom. The highest BCUT2D eigenvalue weighted by Crippen LogP contribution is 2.39. The van der Waals surface area contributed by atoms with Gasteiger partial charge in [0.2, 0.25) is 5.91 Å². The number of esters is 1. The van der Waals surface area contributed by atoms with Crippen LogP contribution in [0.4, 0.5) is 5.69 Å². The quantitative estimate of drug-likeness (QED) is 0.262. The Morgan fingerprint density at radius 3 is 2.36 bits per heavy atom. The zero-order chi connectivity index (χ0) is 26.7. The van der Waals surface area contributed by atoms with Crippen molar-refractivity contribution < 1.29 is 19.1 Å². The number of nitrogens with one attached hydrogen (secondary N) is 1. The number of unbranched alkanes of at least 4 members (excludes halogenated alkanes) is 1. The van der Waals surface area contributed by atoms with Gasteiger partial charge in [0, 0.05) is 18.5 Å². The van der Waals surface area contributed by atoms with Crippen molar-refractivity contribution in [3.05, 3.63) is 66.7 Å². The van der Waals surface area contributed by atoms with Gasteiger partial charge in [-0.15, -0.1) is 6.58 Å². The third-order valence-electron chi connectivity index (χ3n) is 5.99. The first-order chi connectivity index (χ1) is 17.2. The molecule has 1 heterocycles. The monoisotopic (exact) mass is 492 g/mol. The number of likely N-dealkylation sites (N-methyl/N-ethyl adjacent to an activating group) is 1. The van der Waals surface area contributed by atoms with Crippen molar-refractivity contribution in [3.63, 3.8) is 0 Å². The molecule has 2 unspecified atom stereocenters. The largest absolute Gasteiger partial charge is 0.466 e. The second kappa shape index (κ2) is 14.2. The summed E-state index contributed by atoms with van der Waals surface area (Å²) in [6, 6.07) is 14.5. The molecule has 2 aromatic carbocycles. The van der Waals surface area contributed by atoms with E-state index in [1.165, 1.54) is 0 Å². The van der Waals surface area contributed by atoms with Crippen molar-refractivity contribution in [2.24, 2.45) is 11.8 Å². The Labute approximate surface area is 215 Å². The fourth-order valence-electron chi connectivity index (χ4n) is 4.28. The number of anilines is 1. The van der Waals surface area contributed by atoms with Crippen LogP contribution < -0.4 is 10.2 Å². The highest BCUT2D eigenvalue weighted by Gasteiger charge is 2.35. The van der Waals surface area contributed by atoms with E-state index in [9.17, 15) is 14.4 Å². The molecule has 0 radical (unpaired) electrons. The Kier molecular flexibility index (Phi) is 11.4. The molecule has 0 saturated carbocycles. The molecule has 3 rings (SSSR count). The summed E-state index contributed by atoms with van der Waals surface area (Å²) in [5.41, 5.74) is 3.40. The van der Waals surface area contributed by atoms with Gasteiger partial charge in [-0.1, -0.05) is 75.7 Å². The van der Waals surface area contributed by atoms with Gasteiger partial charge in [-0.25, -0.2) is 0 Å². The molecule has 36 heavy (non-hydrogen) atoms. The predicted octanol–water partition coefficient (Wildman–Crippen LogP) is 6.08. The number of nitrogens with zero attached hydrogens (tertiary/aromatic N) is 1. The number of amides is 2. The molecular formula is C30H40N2O4. The zero-order valence-corrected chi connectivity index (χ0v) is 22.3. The van der Waals surface area contributed by atoms with Crippen molar-refractivity contribution in [2.45, 2.75) is 59.4 Å². The summed E-state index contributed by atoms with van der Waals surface area (Å²) >= 11 is 0. The normalized spacial score (nSPS) is 15.0. The molecule has 194 valence electrons. The van der Waals surface area contributed by atoms with Crippen molar-refractivity contribution in [1.29, 1.82) is 0 Å². The molecule has 0 bridgehead atoms. The number of allylic oxidation sites excluding steroid dienone is 1. The zero-order valence-electron chi connectivity index (χ0n) is 22.3. The van der Waals surface area contributed by atoms with Gasteiger partial charge in [0.15, 0.2) is 0 Å². The Balaban J connectivity index is 0.00000145. The second-order valence-corrected chi connectivity index (χ2v) is 9.46. The van der Waals surface area contributed by atoms with Crippen LogP contribution in [0.15, 0.2) is 61.2 Å². The molecule has 2 aromatic rings. The Bertz CT molecular complexity index is 1050. The molecule has 0 spiro atoms. The van der Waals surface area contributed by atoms with Crippen molar-refractivity contribution >= 4 is 23.5 Å². The third-order valence-corrected chi connectivity index (χ3v) is 5.99. The Hall–Kier alpha value is -3.41. The number of carbonyl (C=O) groups excluding carboxylic acids is 3. The van der Waals surface area contributed by atoms with Gasteiger partial charge >= 0.3 is 5.97 Å². The van der Waals surface area contributed by atoms with E-state index in [0.29, 0.717) is 13.0 Å². The molecule has 1 aliphatic rings. The minimum absolute atomic E-state index is 0.00630. The number of carbonyl (C=O) groups is 3. The van der Waals surface area contributed by atoms with Gasteiger partial charge in [0.05, 0.1) is 18.7 Å². The molecule has 2 atom stereocenters. The maximum absolute atomic E-state index is 13.5. The van der Waals surface area contributed by atoms with Gasteiger partial charge in [0.25, 0.3) is 5.91 Å². The topological polar surface area (TPSA) is 75.7 Å². The number of benzene rings is 2. The maximum Gasteiger partial charge on any atom is 0.306 e. The molecular weight excluding hydrogens is 452 g/mol. The minimum Gasteiger partial charge on any atom is -0.466 e. The summed E-state index contributed by atoms with van der Waals surface area (Å²) in [6.07, 6.45) is 4.02. The number of rotatable bonds is 9. The lowest BCUT2D eigenvalue weighted by atomic mass is 9.91. The van der Waals surface area contributed by atoms with Gasteiger partial charge in [-0.2, -0.15) is 0 Å². The van der Waals surface area contributed by atoms with E-state index in [1.54, 1.807) is 18.0 Å². The molecule has 0 aliphatic carbocycles. The van der Waals surface area contributed by atoms with Crippen LogP contribution in [-0.4, -0.2) is 31.4 Å². The van der Waals surface area contributed by atoms with Gasteiger partial charge in [-0.3, -0.25) is 14.4 Å². The number of ether oxygens (including phenoxy) is 1. The smallest absolute Gasteiger partial charge is 0.306 e. The van der Waals surface area contributed by atoms with Crippen LogP contribution in [0.5, 0.6) is 0 Å². The summed E-state index contributed by atoms with van der Waals surface area (Å²) in [5, 5.41) is 2.97. The third kappa shape index (κ3) is 7.54. The fourth-order valence-corrected chi connectivity index (χ4v) is 4.28. The van der Waals surface area contributed by atoms with Crippen LogP contribution in [0.2, 0.25) is 0 Å². The first kappa shape index (κ1) is 28.8. The first-order valence-electron chi connectivity index (χ1n) is 12.7.